The number of halogens is 1. The van der Waals surface area contributed by atoms with Crippen LogP contribution in [0.5, 0.6) is 17.2 Å². The van der Waals surface area contributed by atoms with Crippen molar-refractivity contribution in [3.05, 3.63) is 56.0 Å². The third kappa shape index (κ3) is 5.39. The van der Waals surface area contributed by atoms with Gasteiger partial charge in [0.1, 0.15) is 23.3 Å². The number of amides is 1. The van der Waals surface area contributed by atoms with Crippen molar-refractivity contribution in [3.8, 4) is 17.2 Å². The summed E-state index contributed by atoms with van der Waals surface area (Å²) in [6.07, 6.45) is 1.79. The van der Waals surface area contributed by atoms with Crippen LogP contribution in [-0.2, 0) is 4.79 Å². The lowest BCUT2D eigenvalue weighted by Crippen LogP contribution is -2.17. The van der Waals surface area contributed by atoms with Crippen LogP contribution in [0.2, 0.25) is 0 Å². The number of carbonyl (C=O) groups is 1. The molecule has 146 valence electrons. The Morgan fingerprint density at radius 1 is 1.21 bits per heavy atom. The van der Waals surface area contributed by atoms with Crippen molar-refractivity contribution in [2.45, 2.75) is 6.92 Å². The first kappa shape index (κ1) is 20.9. The Labute approximate surface area is 187 Å². The Bertz CT molecular complexity index is 946. The summed E-state index contributed by atoms with van der Waals surface area (Å²) in [6, 6.07) is 11.6. The zero-order valence-electron chi connectivity index (χ0n) is 15.3. The highest BCUT2D eigenvalue weighted by Crippen LogP contribution is 2.36. The number of aryl methyl sites for hydroxylation is 1. The predicted octanol–water partition coefficient (Wildman–Crippen LogP) is 4.55. The first-order chi connectivity index (χ1) is 13.5. The molecular formula is C20H18INO4S2. The highest BCUT2D eigenvalue weighted by atomic mass is 127. The SMILES string of the molecule is COc1cc(/C=C2\SC(=S)NC2=O)cc(I)c1OCCOc1cccc(C)c1. The second-order valence-electron chi connectivity index (χ2n) is 5.90. The lowest BCUT2D eigenvalue weighted by Gasteiger charge is -2.14. The largest absolute Gasteiger partial charge is 0.493 e. The number of ether oxygens (including phenoxy) is 3. The van der Waals surface area contributed by atoms with Crippen LogP contribution >= 0.6 is 46.6 Å². The van der Waals surface area contributed by atoms with E-state index in [0.29, 0.717) is 33.9 Å². The highest BCUT2D eigenvalue weighted by molar-refractivity contribution is 14.1. The molecule has 0 aromatic heterocycles. The molecule has 28 heavy (non-hydrogen) atoms. The molecule has 0 saturated carbocycles. The van der Waals surface area contributed by atoms with Crippen molar-refractivity contribution < 1.29 is 19.0 Å². The molecule has 0 aliphatic carbocycles. The van der Waals surface area contributed by atoms with Crippen molar-refractivity contribution in [2.75, 3.05) is 20.3 Å². The zero-order valence-corrected chi connectivity index (χ0v) is 19.1. The normalized spacial score (nSPS) is 14.9. The summed E-state index contributed by atoms with van der Waals surface area (Å²) < 4.78 is 18.4. The van der Waals surface area contributed by atoms with E-state index >= 15 is 0 Å². The van der Waals surface area contributed by atoms with Gasteiger partial charge < -0.3 is 19.5 Å². The molecule has 1 fully saturated rings. The number of hydrogen-bond acceptors (Lipinski definition) is 6. The second kappa shape index (κ2) is 9.62. The number of hydrogen-bond donors (Lipinski definition) is 1. The van der Waals surface area contributed by atoms with E-state index in [1.807, 2.05) is 43.3 Å². The van der Waals surface area contributed by atoms with Crippen molar-refractivity contribution in [1.82, 2.24) is 5.32 Å². The Morgan fingerprint density at radius 3 is 2.68 bits per heavy atom. The first-order valence-corrected chi connectivity index (χ1v) is 10.7. The summed E-state index contributed by atoms with van der Waals surface area (Å²) in [5, 5.41) is 2.61. The van der Waals surface area contributed by atoms with Crippen molar-refractivity contribution in [2.24, 2.45) is 0 Å². The molecule has 0 radical (unpaired) electrons. The Balaban J connectivity index is 1.67. The van der Waals surface area contributed by atoms with Gasteiger partial charge in [0, 0.05) is 0 Å². The molecule has 3 rings (SSSR count). The number of methoxy groups -OCH3 is 1. The molecule has 1 aliphatic rings. The maximum Gasteiger partial charge on any atom is 0.263 e. The molecule has 1 N–H and O–H groups in total. The van der Waals surface area contributed by atoms with Crippen molar-refractivity contribution in [1.29, 1.82) is 0 Å². The standard InChI is InChI=1S/C20H18INO4S2/c1-12-4-3-5-14(8-12)25-6-7-26-18-15(21)9-13(10-16(18)24-2)11-17-19(23)22-20(27)28-17/h3-5,8-11H,6-7H2,1-2H3,(H,22,23,27)/b17-11-. The van der Waals surface area contributed by atoms with Gasteiger partial charge in [-0.3, -0.25) is 4.79 Å². The van der Waals surface area contributed by atoms with E-state index < -0.39 is 0 Å². The van der Waals surface area contributed by atoms with E-state index in [-0.39, 0.29) is 5.91 Å². The summed E-state index contributed by atoms with van der Waals surface area (Å²) in [4.78, 5) is 12.4. The molecular weight excluding hydrogens is 509 g/mol. The summed E-state index contributed by atoms with van der Waals surface area (Å²) in [7, 11) is 1.59. The summed E-state index contributed by atoms with van der Waals surface area (Å²) in [6.45, 7) is 2.82. The number of benzene rings is 2. The zero-order chi connectivity index (χ0) is 20.1. The molecule has 2 aromatic rings. The number of nitrogens with one attached hydrogen (secondary N) is 1. The van der Waals surface area contributed by atoms with Crippen LogP contribution in [-0.4, -0.2) is 30.6 Å². The van der Waals surface area contributed by atoms with Gasteiger partial charge in [-0.1, -0.05) is 36.1 Å². The maximum absolute atomic E-state index is 11.8. The predicted molar refractivity (Wildman–Crippen MR) is 124 cm³/mol. The number of thiocarbonyl (C=S) groups is 1. The fraction of sp³-hybridized carbons (Fsp3) is 0.200. The van der Waals surface area contributed by atoms with Crippen LogP contribution in [0.25, 0.3) is 6.08 Å². The minimum atomic E-state index is -0.183. The lowest BCUT2D eigenvalue weighted by molar-refractivity contribution is -0.115. The van der Waals surface area contributed by atoms with Gasteiger partial charge in [-0.25, -0.2) is 0 Å². The van der Waals surface area contributed by atoms with Gasteiger partial charge in [0.15, 0.2) is 11.5 Å². The molecule has 0 spiro atoms. The molecule has 1 heterocycles. The van der Waals surface area contributed by atoms with Gasteiger partial charge in [0.25, 0.3) is 5.91 Å². The van der Waals surface area contributed by atoms with Crippen LogP contribution in [0.3, 0.4) is 0 Å². The summed E-state index contributed by atoms with van der Waals surface area (Å²) >= 11 is 8.46. The third-order valence-electron chi connectivity index (χ3n) is 3.78. The highest BCUT2D eigenvalue weighted by Gasteiger charge is 2.22. The Hall–Kier alpha value is -1.78. The van der Waals surface area contributed by atoms with Gasteiger partial charge in [-0.15, -0.1) is 0 Å². The van der Waals surface area contributed by atoms with Crippen molar-refractivity contribution >= 4 is 62.9 Å². The molecule has 1 aliphatic heterocycles. The first-order valence-electron chi connectivity index (χ1n) is 8.41. The molecule has 8 heteroatoms. The minimum Gasteiger partial charge on any atom is -0.493 e. The van der Waals surface area contributed by atoms with Crippen molar-refractivity contribution in [3.63, 3.8) is 0 Å². The average Bonchev–Trinajstić information content (AvgIpc) is 2.96. The molecule has 2 aromatic carbocycles. The van der Waals surface area contributed by atoms with Crippen LogP contribution in [0.15, 0.2) is 41.3 Å². The van der Waals surface area contributed by atoms with E-state index in [1.165, 1.54) is 11.8 Å². The van der Waals surface area contributed by atoms with Crippen LogP contribution < -0.4 is 19.5 Å². The molecule has 0 unspecified atom stereocenters. The number of thioether (sulfide) groups is 1. The van der Waals surface area contributed by atoms with Gasteiger partial charge in [-0.2, -0.15) is 0 Å². The average molecular weight is 527 g/mol. The molecule has 1 amide bonds. The molecule has 0 bridgehead atoms. The Morgan fingerprint density at radius 2 is 2.00 bits per heavy atom. The molecule has 0 atom stereocenters. The Kier molecular flexibility index (Phi) is 7.19. The maximum atomic E-state index is 11.8. The summed E-state index contributed by atoms with van der Waals surface area (Å²) in [5.41, 5.74) is 1.99. The molecule has 5 nitrogen and oxygen atoms in total. The van der Waals surface area contributed by atoms with Gasteiger partial charge in [-0.05, 0) is 71.0 Å². The van der Waals surface area contributed by atoms with E-state index in [9.17, 15) is 4.79 Å². The number of rotatable bonds is 7. The number of carbonyl (C=O) groups excluding carboxylic acids is 1. The van der Waals surface area contributed by atoms with Gasteiger partial charge in [0.05, 0.1) is 15.6 Å². The lowest BCUT2D eigenvalue weighted by atomic mass is 10.2. The summed E-state index contributed by atoms with van der Waals surface area (Å²) in [5.74, 6) is 1.88. The van der Waals surface area contributed by atoms with E-state index in [1.54, 1.807) is 13.2 Å². The van der Waals surface area contributed by atoms with Gasteiger partial charge in [0.2, 0.25) is 0 Å². The third-order valence-corrected chi connectivity index (χ3v) is 5.74. The smallest absolute Gasteiger partial charge is 0.263 e. The monoisotopic (exact) mass is 527 g/mol. The van der Waals surface area contributed by atoms with E-state index in [0.717, 1.165) is 20.4 Å². The van der Waals surface area contributed by atoms with Crippen LogP contribution in [0, 0.1) is 10.5 Å². The van der Waals surface area contributed by atoms with Crippen LogP contribution in [0.1, 0.15) is 11.1 Å². The second-order valence-corrected chi connectivity index (χ2v) is 8.78. The van der Waals surface area contributed by atoms with E-state index in [2.05, 4.69) is 27.9 Å². The van der Waals surface area contributed by atoms with Gasteiger partial charge >= 0.3 is 0 Å². The fourth-order valence-electron chi connectivity index (χ4n) is 2.54. The topological polar surface area (TPSA) is 56.8 Å². The minimum absolute atomic E-state index is 0.183. The van der Waals surface area contributed by atoms with E-state index in [4.69, 9.17) is 26.4 Å². The fourth-order valence-corrected chi connectivity index (χ4v) is 4.37. The molecule has 1 saturated heterocycles. The van der Waals surface area contributed by atoms with Crippen LogP contribution in [0.4, 0.5) is 0 Å². The quantitative estimate of drug-likeness (QED) is 0.247.